The van der Waals surface area contributed by atoms with Crippen molar-refractivity contribution in [2.24, 2.45) is 0 Å². The standard InChI is InChI=1S/C20H24O2/c1-15(21)17-12-18(20(2,3)4)14-19(13-17)22-11-10-16-8-6-5-7-9-16/h5-9,12-14H,10-11H2,1-4H3. The largest absolute Gasteiger partial charge is 0.493 e. The van der Waals surface area contributed by atoms with Gasteiger partial charge in [0.15, 0.2) is 5.78 Å². The fourth-order valence-corrected chi connectivity index (χ4v) is 2.25. The lowest BCUT2D eigenvalue weighted by Gasteiger charge is -2.21. The van der Waals surface area contributed by atoms with Crippen molar-refractivity contribution in [3.8, 4) is 5.75 Å². The minimum absolute atomic E-state index is 0.0109. The zero-order valence-corrected chi connectivity index (χ0v) is 13.8. The van der Waals surface area contributed by atoms with Gasteiger partial charge in [-0.2, -0.15) is 0 Å². The summed E-state index contributed by atoms with van der Waals surface area (Å²) in [5, 5.41) is 0. The topological polar surface area (TPSA) is 26.3 Å². The molecule has 0 atom stereocenters. The van der Waals surface area contributed by atoms with Gasteiger partial charge in [-0.1, -0.05) is 51.1 Å². The van der Waals surface area contributed by atoms with Crippen LogP contribution >= 0.6 is 0 Å². The molecule has 2 heteroatoms. The van der Waals surface area contributed by atoms with Gasteiger partial charge in [-0.25, -0.2) is 0 Å². The van der Waals surface area contributed by atoms with E-state index in [1.165, 1.54) is 5.56 Å². The van der Waals surface area contributed by atoms with Crippen LogP contribution in [0, 0.1) is 0 Å². The van der Waals surface area contributed by atoms with Crippen LogP contribution in [0.25, 0.3) is 0 Å². The van der Waals surface area contributed by atoms with Gasteiger partial charge in [0.1, 0.15) is 5.75 Å². The van der Waals surface area contributed by atoms with Gasteiger partial charge >= 0.3 is 0 Å². The highest BCUT2D eigenvalue weighted by Gasteiger charge is 2.17. The minimum Gasteiger partial charge on any atom is -0.493 e. The summed E-state index contributed by atoms with van der Waals surface area (Å²) >= 11 is 0. The molecule has 0 radical (unpaired) electrons. The van der Waals surface area contributed by atoms with Crippen LogP contribution in [0.5, 0.6) is 5.75 Å². The molecule has 0 aliphatic carbocycles. The molecule has 2 nitrogen and oxygen atoms in total. The van der Waals surface area contributed by atoms with Crippen LogP contribution in [-0.4, -0.2) is 12.4 Å². The number of hydrogen-bond donors (Lipinski definition) is 0. The van der Waals surface area contributed by atoms with E-state index in [9.17, 15) is 4.79 Å². The van der Waals surface area contributed by atoms with Gasteiger partial charge < -0.3 is 4.74 Å². The number of hydrogen-bond acceptors (Lipinski definition) is 2. The number of carbonyl (C=O) groups excluding carboxylic acids is 1. The van der Waals surface area contributed by atoms with Gasteiger partial charge in [0.05, 0.1) is 6.61 Å². The fraction of sp³-hybridized carbons (Fsp3) is 0.350. The van der Waals surface area contributed by atoms with E-state index in [2.05, 4.69) is 32.9 Å². The molecule has 2 aromatic rings. The summed E-state index contributed by atoms with van der Waals surface area (Å²) in [5.74, 6) is 0.840. The summed E-state index contributed by atoms with van der Waals surface area (Å²) in [6.45, 7) is 8.62. The van der Waals surface area contributed by atoms with Crippen molar-refractivity contribution < 1.29 is 9.53 Å². The normalized spacial score (nSPS) is 11.3. The Morgan fingerprint density at radius 3 is 2.32 bits per heavy atom. The number of rotatable bonds is 5. The van der Waals surface area contributed by atoms with Crippen molar-refractivity contribution in [2.75, 3.05) is 6.61 Å². The highest BCUT2D eigenvalue weighted by atomic mass is 16.5. The van der Waals surface area contributed by atoms with Crippen molar-refractivity contribution in [1.29, 1.82) is 0 Å². The average molecular weight is 296 g/mol. The third-order valence-electron chi connectivity index (χ3n) is 3.68. The summed E-state index contributed by atoms with van der Waals surface area (Å²) in [6.07, 6.45) is 0.857. The maximum absolute atomic E-state index is 11.7. The Morgan fingerprint density at radius 2 is 1.73 bits per heavy atom. The molecule has 2 aromatic carbocycles. The second-order valence-electron chi connectivity index (χ2n) is 6.64. The number of Topliss-reactive ketones (excluding diaryl/α,β-unsaturated/α-hetero) is 1. The van der Waals surface area contributed by atoms with E-state index in [1.807, 2.05) is 36.4 Å². The second-order valence-corrected chi connectivity index (χ2v) is 6.64. The van der Waals surface area contributed by atoms with Crippen molar-refractivity contribution in [3.05, 3.63) is 65.2 Å². The second kappa shape index (κ2) is 6.78. The van der Waals surface area contributed by atoms with Gasteiger partial charge in [0.25, 0.3) is 0 Å². The number of benzene rings is 2. The van der Waals surface area contributed by atoms with E-state index in [0.717, 1.165) is 17.7 Å². The molecule has 116 valence electrons. The lowest BCUT2D eigenvalue weighted by Crippen LogP contribution is -2.13. The number of ketones is 1. The van der Waals surface area contributed by atoms with Gasteiger partial charge in [0, 0.05) is 12.0 Å². The Morgan fingerprint density at radius 1 is 1.05 bits per heavy atom. The first-order valence-electron chi connectivity index (χ1n) is 7.69. The smallest absolute Gasteiger partial charge is 0.159 e. The van der Waals surface area contributed by atoms with Gasteiger partial charge in [-0.3, -0.25) is 4.79 Å². The molecule has 0 aliphatic heterocycles. The molecule has 0 bridgehead atoms. The summed E-state index contributed by atoms with van der Waals surface area (Å²) in [5.41, 5.74) is 3.07. The van der Waals surface area contributed by atoms with Crippen LogP contribution in [0.4, 0.5) is 0 Å². The predicted octanol–water partition coefficient (Wildman–Crippen LogP) is 4.81. The maximum Gasteiger partial charge on any atom is 0.159 e. The van der Waals surface area contributed by atoms with Crippen molar-refractivity contribution >= 4 is 5.78 Å². The van der Waals surface area contributed by atoms with E-state index in [0.29, 0.717) is 12.2 Å². The molecular formula is C20H24O2. The summed E-state index contributed by atoms with van der Waals surface area (Å²) < 4.78 is 5.88. The SMILES string of the molecule is CC(=O)c1cc(OCCc2ccccc2)cc(C(C)(C)C)c1. The van der Waals surface area contributed by atoms with Gasteiger partial charge in [-0.05, 0) is 41.7 Å². The molecule has 0 aromatic heterocycles. The maximum atomic E-state index is 11.7. The zero-order chi connectivity index (χ0) is 16.2. The molecule has 0 saturated carbocycles. The van der Waals surface area contributed by atoms with E-state index in [4.69, 9.17) is 4.74 Å². The molecule has 0 saturated heterocycles. The third kappa shape index (κ3) is 4.45. The van der Waals surface area contributed by atoms with Gasteiger partial charge in [-0.15, -0.1) is 0 Å². The van der Waals surface area contributed by atoms with Crippen molar-refractivity contribution in [1.82, 2.24) is 0 Å². The molecule has 22 heavy (non-hydrogen) atoms. The summed E-state index contributed by atoms with van der Waals surface area (Å²) in [7, 11) is 0. The first-order valence-corrected chi connectivity index (χ1v) is 7.69. The van der Waals surface area contributed by atoms with Gasteiger partial charge in [0.2, 0.25) is 0 Å². The molecule has 2 rings (SSSR count). The Kier molecular flexibility index (Phi) is 5.02. The van der Waals surface area contributed by atoms with Crippen molar-refractivity contribution in [3.63, 3.8) is 0 Å². The zero-order valence-electron chi connectivity index (χ0n) is 13.8. The molecule has 0 unspecified atom stereocenters. The van der Waals surface area contributed by atoms with E-state index < -0.39 is 0 Å². The molecule has 0 N–H and O–H groups in total. The van der Waals surface area contributed by atoms with Crippen LogP contribution in [0.2, 0.25) is 0 Å². The lowest BCUT2D eigenvalue weighted by atomic mass is 9.85. The first kappa shape index (κ1) is 16.3. The van der Waals surface area contributed by atoms with Crippen LogP contribution in [0.3, 0.4) is 0 Å². The Labute approximate surface area is 133 Å². The molecule has 0 fully saturated rings. The summed E-state index contributed by atoms with van der Waals surface area (Å²) in [4.78, 5) is 11.7. The highest BCUT2D eigenvalue weighted by molar-refractivity contribution is 5.94. The molecule has 0 amide bonds. The monoisotopic (exact) mass is 296 g/mol. The van der Waals surface area contributed by atoms with Crippen LogP contribution in [0.15, 0.2) is 48.5 Å². The Bertz CT molecular complexity index is 637. The number of carbonyl (C=O) groups is 1. The highest BCUT2D eigenvalue weighted by Crippen LogP contribution is 2.28. The van der Waals surface area contributed by atoms with Crippen LogP contribution < -0.4 is 4.74 Å². The quantitative estimate of drug-likeness (QED) is 0.740. The predicted molar refractivity (Wildman–Crippen MR) is 90.8 cm³/mol. The molecule has 0 heterocycles. The fourth-order valence-electron chi connectivity index (χ4n) is 2.25. The Balaban J connectivity index is 2.12. The molecule has 0 spiro atoms. The van der Waals surface area contributed by atoms with Crippen LogP contribution in [0.1, 0.15) is 49.2 Å². The van der Waals surface area contributed by atoms with E-state index in [-0.39, 0.29) is 11.2 Å². The molecular weight excluding hydrogens is 272 g/mol. The number of ether oxygens (including phenoxy) is 1. The van der Waals surface area contributed by atoms with E-state index >= 15 is 0 Å². The first-order chi connectivity index (χ1) is 10.4. The minimum atomic E-state index is -0.0109. The third-order valence-corrected chi connectivity index (χ3v) is 3.68. The summed E-state index contributed by atoms with van der Waals surface area (Å²) in [6, 6.07) is 16.1. The average Bonchev–Trinajstić information content (AvgIpc) is 2.47. The molecule has 0 aliphatic rings. The van der Waals surface area contributed by atoms with Crippen molar-refractivity contribution in [2.45, 2.75) is 39.5 Å². The van der Waals surface area contributed by atoms with E-state index in [1.54, 1.807) is 6.92 Å². The lowest BCUT2D eigenvalue weighted by molar-refractivity contribution is 0.101. The Hall–Kier alpha value is -2.09. The van der Waals surface area contributed by atoms with Crippen LogP contribution in [-0.2, 0) is 11.8 Å².